The Morgan fingerprint density at radius 3 is 2.62 bits per heavy atom. The Kier molecular flexibility index (Phi) is 7.14. The molecule has 0 saturated heterocycles. The monoisotopic (exact) mass is 301 g/mol. The normalized spacial score (nSPS) is 10.4. The average molecular weight is 301 g/mol. The lowest BCUT2D eigenvalue weighted by Gasteiger charge is -2.08. The van der Waals surface area contributed by atoms with Gasteiger partial charge in [-0.3, -0.25) is 9.59 Å². The second-order valence-corrected chi connectivity index (χ2v) is 4.40. The zero-order chi connectivity index (χ0) is 15.7. The van der Waals surface area contributed by atoms with Crippen molar-refractivity contribution in [2.45, 2.75) is 38.8 Å². The van der Waals surface area contributed by atoms with Crippen LogP contribution in [0.5, 0.6) is 5.75 Å². The van der Waals surface area contributed by atoms with E-state index in [0.29, 0.717) is 18.4 Å². The van der Waals surface area contributed by atoms with Gasteiger partial charge in [0.25, 0.3) is 0 Å². The van der Waals surface area contributed by atoms with Gasteiger partial charge in [0, 0.05) is 19.4 Å². The standard InChI is InChI=1S/C14H17F2NO4/c15-14(16)21-11-5-3-4-10(8-11)9-17-12(18)6-1-2-7-13(19)20/h3-5,8,14H,1-2,6-7,9H2,(H,17,18)(H,19,20). The second-order valence-electron chi connectivity index (χ2n) is 4.40. The highest BCUT2D eigenvalue weighted by molar-refractivity contribution is 5.75. The predicted molar refractivity (Wildman–Crippen MR) is 71.0 cm³/mol. The first-order valence-corrected chi connectivity index (χ1v) is 6.49. The highest BCUT2D eigenvalue weighted by Gasteiger charge is 2.06. The van der Waals surface area contributed by atoms with E-state index in [1.165, 1.54) is 12.1 Å². The van der Waals surface area contributed by atoms with Gasteiger partial charge in [-0.25, -0.2) is 0 Å². The molecule has 0 unspecified atom stereocenters. The SMILES string of the molecule is O=C(O)CCCCC(=O)NCc1cccc(OC(F)F)c1. The van der Waals surface area contributed by atoms with Gasteiger partial charge >= 0.3 is 12.6 Å². The van der Waals surface area contributed by atoms with Gasteiger partial charge in [0.05, 0.1) is 0 Å². The van der Waals surface area contributed by atoms with E-state index < -0.39 is 12.6 Å². The van der Waals surface area contributed by atoms with E-state index in [0.717, 1.165) is 0 Å². The minimum atomic E-state index is -2.89. The van der Waals surface area contributed by atoms with E-state index in [2.05, 4.69) is 10.1 Å². The molecular weight excluding hydrogens is 284 g/mol. The lowest BCUT2D eigenvalue weighted by molar-refractivity contribution is -0.137. The first-order chi connectivity index (χ1) is 9.97. The Morgan fingerprint density at radius 1 is 1.24 bits per heavy atom. The van der Waals surface area contributed by atoms with Crippen LogP contribution in [0.2, 0.25) is 0 Å². The van der Waals surface area contributed by atoms with Crippen molar-refractivity contribution in [2.24, 2.45) is 0 Å². The average Bonchev–Trinajstić information content (AvgIpc) is 2.41. The molecule has 7 heteroatoms. The fourth-order valence-electron chi connectivity index (χ4n) is 1.68. The quantitative estimate of drug-likeness (QED) is 0.687. The van der Waals surface area contributed by atoms with Crippen LogP contribution in [0.15, 0.2) is 24.3 Å². The molecule has 1 aromatic carbocycles. The molecule has 1 rings (SSSR count). The number of hydrogen-bond acceptors (Lipinski definition) is 3. The van der Waals surface area contributed by atoms with Gasteiger partial charge in [-0.15, -0.1) is 0 Å². The second kappa shape index (κ2) is 8.89. The van der Waals surface area contributed by atoms with E-state index in [-0.39, 0.29) is 31.0 Å². The third-order valence-electron chi connectivity index (χ3n) is 2.66. The summed E-state index contributed by atoms with van der Waals surface area (Å²) in [6.07, 6.45) is 1.22. The summed E-state index contributed by atoms with van der Waals surface area (Å²) in [5, 5.41) is 11.1. The van der Waals surface area contributed by atoms with Gasteiger partial charge in [0.2, 0.25) is 5.91 Å². The van der Waals surface area contributed by atoms with Gasteiger partial charge < -0.3 is 15.2 Å². The van der Waals surface area contributed by atoms with Crippen LogP contribution in [0.4, 0.5) is 8.78 Å². The maximum Gasteiger partial charge on any atom is 0.387 e. The number of aliphatic carboxylic acids is 1. The summed E-state index contributed by atoms with van der Waals surface area (Å²) in [6.45, 7) is -2.68. The van der Waals surface area contributed by atoms with Crippen molar-refractivity contribution >= 4 is 11.9 Å². The summed E-state index contributed by atoms with van der Waals surface area (Å²) in [6, 6.07) is 6.08. The third-order valence-corrected chi connectivity index (χ3v) is 2.66. The molecule has 0 aliphatic heterocycles. The first-order valence-electron chi connectivity index (χ1n) is 6.49. The number of nitrogens with one attached hydrogen (secondary N) is 1. The van der Waals surface area contributed by atoms with Gasteiger partial charge in [-0.1, -0.05) is 12.1 Å². The molecule has 0 spiro atoms. The van der Waals surface area contributed by atoms with Gasteiger partial charge in [0.1, 0.15) is 5.75 Å². The highest BCUT2D eigenvalue weighted by Crippen LogP contribution is 2.15. The van der Waals surface area contributed by atoms with Crippen LogP contribution >= 0.6 is 0 Å². The van der Waals surface area contributed by atoms with Crippen molar-refractivity contribution in [2.75, 3.05) is 0 Å². The number of benzene rings is 1. The molecule has 116 valence electrons. The fourth-order valence-corrected chi connectivity index (χ4v) is 1.68. The number of carbonyl (C=O) groups excluding carboxylic acids is 1. The van der Waals surface area contributed by atoms with Crippen LogP contribution in [0.3, 0.4) is 0 Å². The van der Waals surface area contributed by atoms with E-state index in [1.807, 2.05) is 0 Å². The zero-order valence-electron chi connectivity index (χ0n) is 11.4. The predicted octanol–water partition coefficient (Wildman–Crippen LogP) is 2.55. The molecule has 0 aliphatic carbocycles. The van der Waals surface area contributed by atoms with Crippen molar-refractivity contribution in [3.63, 3.8) is 0 Å². The van der Waals surface area contributed by atoms with E-state index in [4.69, 9.17) is 5.11 Å². The number of halogens is 2. The number of carbonyl (C=O) groups is 2. The topological polar surface area (TPSA) is 75.6 Å². The summed E-state index contributed by atoms with van der Waals surface area (Å²) in [5.41, 5.74) is 0.645. The molecule has 0 fully saturated rings. The molecule has 0 bridgehead atoms. The minimum absolute atomic E-state index is 0.0400. The molecule has 1 aromatic rings. The molecule has 0 heterocycles. The molecule has 0 atom stereocenters. The number of rotatable bonds is 9. The number of hydrogen-bond donors (Lipinski definition) is 2. The minimum Gasteiger partial charge on any atom is -0.481 e. The number of amides is 1. The number of unbranched alkanes of at least 4 members (excludes halogenated alkanes) is 1. The molecule has 5 nitrogen and oxygen atoms in total. The molecule has 0 aliphatic rings. The van der Waals surface area contributed by atoms with Crippen LogP contribution in [-0.2, 0) is 16.1 Å². The summed E-state index contributed by atoms with van der Waals surface area (Å²) in [7, 11) is 0. The van der Waals surface area contributed by atoms with Crippen LogP contribution in [0.1, 0.15) is 31.2 Å². The van der Waals surface area contributed by atoms with E-state index in [9.17, 15) is 18.4 Å². The van der Waals surface area contributed by atoms with Crippen molar-refractivity contribution in [3.8, 4) is 5.75 Å². The summed E-state index contributed by atoms with van der Waals surface area (Å²) >= 11 is 0. The largest absolute Gasteiger partial charge is 0.481 e. The smallest absolute Gasteiger partial charge is 0.387 e. The van der Waals surface area contributed by atoms with Crippen molar-refractivity contribution in [3.05, 3.63) is 29.8 Å². The molecule has 2 N–H and O–H groups in total. The molecule has 0 saturated carbocycles. The van der Waals surface area contributed by atoms with Crippen molar-refractivity contribution in [1.29, 1.82) is 0 Å². The van der Waals surface area contributed by atoms with Gasteiger partial charge in [-0.05, 0) is 30.5 Å². The Labute approximate surface area is 120 Å². The lowest BCUT2D eigenvalue weighted by atomic mass is 10.1. The van der Waals surface area contributed by atoms with E-state index in [1.54, 1.807) is 12.1 Å². The number of ether oxygens (including phenoxy) is 1. The Balaban J connectivity index is 2.30. The first kappa shape index (κ1) is 16.9. The van der Waals surface area contributed by atoms with Gasteiger partial charge in [-0.2, -0.15) is 8.78 Å². The maximum atomic E-state index is 12.1. The Morgan fingerprint density at radius 2 is 1.95 bits per heavy atom. The molecule has 0 aromatic heterocycles. The van der Waals surface area contributed by atoms with Crippen LogP contribution in [0, 0.1) is 0 Å². The van der Waals surface area contributed by atoms with Crippen LogP contribution < -0.4 is 10.1 Å². The summed E-state index contributed by atoms with van der Waals surface area (Å²) in [5.74, 6) is -1.05. The third kappa shape index (κ3) is 7.86. The van der Waals surface area contributed by atoms with Gasteiger partial charge in [0.15, 0.2) is 0 Å². The summed E-state index contributed by atoms with van der Waals surface area (Å²) in [4.78, 5) is 21.8. The Bertz CT molecular complexity index is 480. The number of carboxylic acid groups (broad SMARTS) is 1. The maximum absolute atomic E-state index is 12.1. The van der Waals surface area contributed by atoms with Crippen molar-refractivity contribution < 1.29 is 28.2 Å². The van der Waals surface area contributed by atoms with Crippen LogP contribution in [-0.4, -0.2) is 23.6 Å². The highest BCUT2D eigenvalue weighted by atomic mass is 19.3. The van der Waals surface area contributed by atoms with E-state index >= 15 is 0 Å². The van der Waals surface area contributed by atoms with Crippen molar-refractivity contribution in [1.82, 2.24) is 5.32 Å². The lowest BCUT2D eigenvalue weighted by Crippen LogP contribution is -2.22. The van der Waals surface area contributed by atoms with Crippen LogP contribution in [0.25, 0.3) is 0 Å². The number of alkyl halides is 2. The summed E-state index contributed by atoms with van der Waals surface area (Å²) < 4.78 is 28.4. The molecule has 21 heavy (non-hydrogen) atoms. The molecule has 1 amide bonds. The molecule has 0 radical (unpaired) electrons. The number of carboxylic acids is 1. The fraction of sp³-hybridized carbons (Fsp3) is 0.429. The zero-order valence-corrected chi connectivity index (χ0v) is 11.4. The molecular formula is C14H17F2NO4. The Hall–Kier alpha value is -2.18.